The Morgan fingerprint density at radius 2 is 2.00 bits per heavy atom. The van der Waals surface area contributed by atoms with Gasteiger partial charge in [0, 0.05) is 5.75 Å². The number of hydrogen-bond donors (Lipinski definition) is 1. The number of thioether (sulfide) groups is 1. The Balaban J connectivity index is 2.21. The largest absolute Gasteiger partial charge is 0.329 e. The summed E-state index contributed by atoms with van der Waals surface area (Å²) in [6.45, 7) is 0. The number of halogens is 2. The minimum absolute atomic E-state index is 0.0153. The summed E-state index contributed by atoms with van der Waals surface area (Å²) in [7, 11) is 0. The molecule has 1 saturated heterocycles. The average molecular weight is 327 g/mol. The van der Waals surface area contributed by atoms with Crippen LogP contribution < -0.4 is 11.2 Å². The first-order valence-electron chi connectivity index (χ1n) is 6.46. The molecule has 0 spiro atoms. The third kappa shape index (κ3) is 2.65. The van der Waals surface area contributed by atoms with E-state index < -0.39 is 17.1 Å². The molecular formula is C14H12ClFN2O2S. The van der Waals surface area contributed by atoms with Crippen molar-refractivity contribution in [3.8, 4) is 11.1 Å². The van der Waals surface area contributed by atoms with Crippen molar-refractivity contribution < 1.29 is 4.39 Å². The standard InChI is InChI=1S/C14H12ClFN2O2S/c15-12-11(8-1-3-9(16)4-2-8)13(19)18(14(20)17-12)10-5-6-21-7-10/h1-4,10H,5-7H2,(H,17,20). The lowest BCUT2D eigenvalue weighted by molar-refractivity contribution is 0.515. The van der Waals surface area contributed by atoms with Gasteiger partial charge in [-0.1, -0.05) is 23.7 Å². The molecule has 1 atom stereocenters. The number of benzene rings is 1. The fourth-order valence-electron chi connectivity index (χ4n) is 2.45. The second kappa shape index (κ2) is 5.69. The lowest BCUT2D eigenvalue weighted by Gasteiger charge is -2.14. The lowest BCUT2D eigenvalue weighted by atomic mass is 10.1. The molecule has 0 aliphatic carbocycles. The van der Waals surface area contributed by atoms with E-state index in [-0.39, 0.29) is 16.8 Å². The summed E-state index contributed by atoms with van der Waals surface area (Å²) in [5.74, 6) is 1.25. The SMILES string of the molecule is O=c1[nH]c(Cl)c(-c2ccc(F)cc2)c(=O)n1C1CCSC1. The highest BCUT2D eigenvalue weighted by atomic mass is 35.5. The fourth-order valence-corrected chi connectivity index (χ4v) is 3.91. The summed E-state index contributed by atoms with van der Waals surface area (Å²) in [4.78, 5) is 27.2. The molecule has 1 aromatic carbocycles. The van der Waals surface area contributed by atoms with Crippen LogP contribution in [0.3, 0.4) is 0 Å². The van der Waals surface area contributed by atoms with Crippen LogP contribution in [-0.4, -0.2) is 21.1 Å². The molecule has 21 heavy (non-hydrogen) atoms. The van der Waals surface area contributed by atoms with Crippen LogP contribution in [0, 0.1) is 5.82 Å². The van der Waals surface area contributed by atoms with Crippen molar-refractivity contribution in [2.45, 2.75) is 12.5 Å². The molecule has 0 bridgehead atoms. The minimum atomic E-state index is -0.497. The van der Waals surface area contributed by atoms with Crippen LogP contribution in [0.2, 0.25) is 5.15 Å². The number of aromatic amines is 1. The van der Waals surface area contributed by atoms with Gasteiger partial charge in [0.25, 0.3) is 5.56 Å². The van der Waals surface area contributed by atoms with E-state index >= 15 is 0 Å². The highest BCUT2D eigenvalue weighted by molar-refractivity contribution is 7.99. The van der Waals surface area contributed by atoms with Gasteiger partial charge in [0.05, 0.1) is 11.6 Å². The number of nitrogens with zero attached hydrogens (tertiary/aromatic N) is 1. The molecule has 1 aromatic heterocycles. The van der Waals surface area contributed by atoms with Crippen molar-refractivity contribution in [2.24, 2.45) is 0 Å². The average Bonchev–Trinajstić information content (AvgIpc) is 2.94. The van der Waals surface area contributed by atoms with E-state index in [1.54, 1.807) is 11.8 Å². The van der Waals surface area contributed by atoms with Crippen LogP contribution in [-0.2, 0) is 0 Å². The van der Waals surface area contributed by atoms with Crippen LogP contribution in [0.15, 0.2) is 33.9 Å². The first-order chi connectivity index (χ1) is 10.1. The zero-order valence-electron chi connectivity index (χ0n) is 10.9. The van der Waals surface area contributed by atoms with Gasteiger partial charge in [-0.2, -0.15) is 11.8 Å². The molecule has 110 valence electrons. The smallest absolute Gasteiger partial charge is 0.297 e. The van der Waals surface area contributed by atoms with Gasteiger partial charge < -0.3 is 0 Å². The molecular weight excluding hydrogens is 315 g/mol. The predicted molar refractivity (Wildman–Crippen MR) is 82.7 cm³/mol. The topological polar surface area (TPSA) is 54.9 Å². The quantitative estimate of drug-likeness (QED) is 0.863. The molecule has 0 radical (unpaired) electrons. The van der Waals surface area contributed by atoms with E-state index in [0.29, 0.717) is 5.56 Å². The van der Waals surface area contributed by atoms with Gasteiger partial charge in [0.15, 0.2) is 0 Å². The molecule has 1 aliphatic rings. The maximum Gasteiger partial charge on any atom is 0.329 e. The molecule has 1 N–H and O–H groups in total. The Morgan fingerprint density at radius 3 is 2.62 bits per heavy atom. The van der Waals surface area contributed by atoms with Gasteiger partial charge in [-0.15, -0.1) is 0 Å². The highest BCUT2D eigenvalue weighted by Gasteiger charge is 2.23. The highest BCUT2D eigenvalue weighted by Crippen LogP contribution is 2.27. The summed E-state index contributed by atoms with van der Waals surface area (Å²) in [5, 5.41) is -0.0153. The van der Waals surface area contributed by atoms with Crippen molar-refractivity contribution in [1.29, 1.82) is 0 Å². The van der Waals surface area contributed by atoms with Crippen LogP contribution in [0.5, 0.6) is 0 Å². The van der Waals surface area contributed by atoms with E-state index in [4.69, 9.17) is 11.6 Å². The molecule has 2 heterocycles. The zero-order chi connectivity index (χ0) is 15.0. The second-order valence-corrected chi connectivity index (χ2v) is 6.35. The molecule has 1 fully saturated rings. The zero-order valence-corrected chi connectivity index (χ0v) is 12.5. The van der Waals surface area contributed by atoms with Crippen molar-refractivity contribution >= 4 is 23.4 Å². The summed E-state index contributed by atoms with van der Waals surface area (Å²) in [6.07, 6.45) is 0.776. The maximum atomic E-state index is 13.0. The van der Waals surface area contributed by atoms with Crippen molar-refractivity contribution in [1.82, 2.24) is 9.55 Å². The summed E-state index contributed by atoms with van der Waals surface area (Å²) in [5.41, 5.74) is -0.235. The number of nitrogens with one attached hydrogen (secondary N) is 1. The van der Waals surface area contributed by atoms with Crippen LogP contribution in [0.4, 0.5) is 4.39 Å². The Kier molecular flexibility index (Phi) is 3.91. The molecule has 1 aliphatic heterocycles. The van der Waals surface area contributed by atoms with Crippen molar-refractivity contribution in [2.75, 3.05) is 11.5 Å². The van der Waals surface area contributed by atoms with Gasteiger partial charge in [-0.25, -0.2) is 9.18 Å². The Hall–Kier alpha value is -1.53. The van der Waals surface area contributed by atoms with E-state index in [9.17, 15) is 14.0 Å². The molecule has 4 nitrogen and oxygen atoms in total. The van der Waals surface area contributed by atoms with Gasteiger partial charge >= 0.3 is 5.69 Å². The van der Waals surface area contributed by atoms with Gasteiger partial charge in [0.2, 0.25) is 0 Å². The Bertz CT molecular complexity index is 779. The van der Waals surface area contributed by atoms with Gasteiger partial charge in [-0.3, -0.25) is 14.3 Å². The summed E-state index contributed by atoms with van der Waals surface area (Å²) < 4.78 is 14.2. The third-order valence-electron chi connectivity index (χ3n) is 3.49. The molecule has 2 aromatic rings. The second-order valence-electron chi connectivity index (χ2n) is 4.82. The lowest BCUT2D eigenvalue weighted by Crippen LogP contribution is -2.39. The van der Waals surface area contributed by atoms with Crippen LogP contribution >= 0.6 is 23.4 Å². The third-order valence-corrected chi connectivity index (χ3v) is 4.92. The molecule has 7 heteroatoms. The minimum Gasteiger partial charge on any atom is -0.297 e. The predicted octanol–water partition coefficient (Wildman–Crippen LogP) is 2.67. The molecule has 1 unspecified atom stereocenters. The van der Waals surface area contributed by atoms with E-state index in [2.05, 4.69) is 4.98 Å². The number of hydrogen-bond acceptors (Lipinski definition) is 3. The van der Waals surface area contributed by atoms with Gasteiger partial charge in [0.1, 0.15) is 11.0 Å². The van der Waals surface area contributed by atoms with Crippen molar-refractivity contribution in [3.63, 3.8) is 0 Å². The molecule has 0 saturated carbocycles. The van der Waals surface area contributed by atoms with E-state index in [1.807, 2.05) is 0 Å². The van der Waals surface area contributed by atoms with E-state index in [1.165, 1.54) is 28.8 Å². The number of aromatic nitrogens is 2. The molecule has 3 rings (SSSR count). The number of H-pyrrole nitrogens is 1. The number of rotatable bonds is 2. The molecule has 0 amide bonds. The maximum absolute atomic E-state index is 13.0. The van der Waals surface area contributed by atoms with Crippen LogP contribution in [0.1, 0.15) is 12.5 Å². The summed E-state index contributed by atoms with van der Waals surface area (Å²) >= 11 is 7.73. The van der Waals surface area contributed by atoms with Crippen molar-refractivity contribution in [3.05, 3.63) is 56.1 Å². The normalized spacial score (nSPS) is 18.1. The first kappa shape index (κ1) is 14.4. The van der Waals surface area contributed by atoms with Crippen LogP contribution in [0.25, 0.3) is 11.1 Å². The summed E-state index contributed by atoms with van der Waals surface area (Å²) in [6, 6.07) is 5.34. The van der Waals surface area contributed by atoms with E-state index in [0.717, 1.165) is 17.9 Å². The van der Waals surface area contributed by atoms with Gasteiger partial charge in [-0.05, 0) is 29.9 Å². The Labute approximate surface area is 129 Å². The Morgan fingerprint density at radius 1 is 1.29 bits per heavy atom. The monoisotopic (exact) mass is 326 g/mol. The first-order valence-corrected chi connectivity index (χ1v) is 7.99. The fraction of sp³-hybridized carbons (Fsp3) is 0.286.